The van der Waals surface area contributed by atoms with Crippen molar-refractivity contribution < 1.29 is 9.59 Å². The molecule has 4 aliphatic rings. The number of amides is 2. The van der Waals surface area contributed by atoms with E-state index in [1.54, 1.807) is 12.1 Å². The van der Waals surface area contributed by atoms with Gasteiger partial charge in [0.1, 0.15) is 0 Å². The van der Waals surface area contributed by atoms with Crippen LogP contribution in [0.25, 0.3) is 0 Å². The quantitative estimate of drug-likeness (QED) is 0.817. The molecular formula is C22H24N2O2S. The normalized spacial score (nSPS) is 30.9. The summed E-state index contributed by atoms with van der Waals surface area (Å²) < 4.78 is 0. The Morgan fingerprint density at radius 1 is 0.889 bits per heavy atom. The summed E-state index contributed by atoms with van der Waals surface area (Å²) in [6.07, 6.45) is 6.56. The first kappa shape index (κ1) is 17.0. The average molecular weight is 381 g/mol. The van der Waals surface area contributed by atoms with E-state index in [9.17, 15) is 9.59 Å². The molecule has 4 bridgehead atoms. The van der Waals surface area contributed by atoms with Crippen molar-refractivity contribution >= 4 is 28.8 Å². The summed E-state index contributed by atoms with van der Waals surface area (Å²) >= 11 is 1.41. The molecule has 0 unspecified atom stereocenters. The van der Waals surface area contributed by atoms with E-state index in [1.165, 1.54) is 43.4 Å². The van der Waals surface area contributed by atoms with Gasteiger partial charge in [-0.15, -0.1) is 11.3 Å². The fourth-order valence-electron chi connectivity index (χ4n) is 5.73. The number of carbonyl (C=O) groups is 2. The molecule has 2 amide bonds. The van der Waals surface area contributed by atoms with E-state index >= 15 is 0 Å². The standard InChI is InChI=1S/C22H24N2O2S/c25-21(24-20-16-8-13-7-14(10-16)11-17(20)9-13)15-3-1-4-18(12-15)23-22(26)19-5-2-6-27-19/h1-6,12-14,16-17,20H,7-11H2,(H,23,26)(H,24,25). The van der Waals surface area contributed by atoms with Crippen molar-refractivity contribution in [2.24, 2.45) is 23.7 Å². The second-order valence-corrected chi connectivity index (χ2v) is 9.39. The van der Waals surface area contributed by atoms with Gasteiger partial charge in [-0.3, -0.25) is 9.59 Å². The van der Waals surface area contributed by atoms with Crippen molar-refractivity contribution in [3.05, 3.63) is 52.2 Å². The molecule has 5 heteroatoms. The van der Waals surface area contributed by atoms with Crippen LogP contribution in [0.2, 0.25) is 0 Å². The molecule has 4 nitrogen and oxygen atoms in total. The Morgan fingerprint density at radius 3 is 2.30 bits per heavy atom. The molecule has 4 saturated carbocycles. The van der Waals surface area contributed by atoms with Crippen LogP contribution in [0.5, 0.6) is 0 Å². The van der Waals surface area contributed by atoms with Gasteiger partial charge in [-0.25, -0.2) is 0 Å². The zero-order chi connectivity index (χ0) is 18.4. The van der Waals surface area contributed by atoms with Crippen LogP contribution in [-0.4, -0.2) is 17.9 Å². The van der Waals surface area contributed by atoms with E-state index < -0.39 is 0 Å². The van der Waals surface area contributed by atoms with Gasteiger partial charge in [-0.05, 0) is 85.4 Å². The topological polar surface area (TPSA) is 58.2 Å². The SMILES string of the molecule is O=C(NC1C2CC3CC(C2)CC1C3)c1cccc(NC(=O)c2cccs2)c1. The Balaban J connectivity index is 1.27. The molecule has 0 spiro atoms. The lowest BCUT2D eigenvalue weighted by atomic mass is 9.54. The van der Waals surface area contributed by atoms with E-state index in [0.717, 1.165) is 11.8 Å². The van der Waals surface area contributed by atoms with E-state index in [4.69, 9.17) is 0 Å². The zero-order valence-electron chi connectivity index (χ0n) is 15.2. The third-order valence-electron chi connectivity index (χ3n) is 6.65. The Kier molecular flexibility index (Phi) is 4.27. The van der Waals surface area contributed by atoms with Crippen LogP contribution in [0.1, 0.15) is 52.1 Å². The lowest BCUT2D eigenvalue weighted by Crippen LogP contribution is -2.55. The third kappa shape index (κ3) is 3.29. The van der Waals surface area contributed by atoms with Gasteiger partial charge in [0.2, 0.25) is 0 Å². The van der Waals surface area contributed by atoms with Gasteiger partial charge in [0.15, 0.2) is 0 Å². The monoisotopic (exact) mass is 380 g/mol. The van der Waals surface area contributed by atoms with Crippen LogP contribution < -0.4 is 10.6 Å². The first-order valence-electron chi connectivity index (χ1n) is 9.91. The van der Waals surface area contributed by atoms with Gasteiger partial charge in [0, 0.05) is 17.3 Å². The highest BCUT2D eigenvalue weighted by molar-refractivity contribution is 7.12. The highest BCUT2D eigenvalue weighted by Gasteiger charge is 2.48. The van der Waals surface area contributed by atoms with E-state index in [0.29, 0.717) is 34.0 Å². The molecule has 4 fully saturated rings. The minimum absolute atomic E-state index is 0.0142. The zero-order valence-corrected chi connectivity index (χ0v) is 16.0. The van der Waals surface area contributed by atoms with Crippen LogP contribution in [0.3, 0.4) is 0 Å². The highest BCUT2D eigenvalue weighted by Crippen LogP contribution is 2.53. The van der Waals surface area contributed by atoms with Crippen LogP contribution in [0.4, 0.5) is 5.69 Å². The summed E-state index contributed by atoms with van der Waals surface area (Å²) in [5.41, 5.74) is 1.28. The second-order valence-electron chi connectivity index (χ2n) is 8.44. The van der Waals surface area contributed by atoms with E-state index in [1.807, 2.05) is 29.6 Å². The molecule has 140 valence electrons. The van der Waals surface area contributed by atoms with Crippen LogP contribution in [0.15, 0.2) is 41.8 Å². The Bertz CT molecular complexity index is 833. The largest absolute Gasteiger partial charge is 0.349 e. The molecule has 27 heavy (non-hydrogen) atoms. The molecular weight excluding hydrogens is 356 g/mol. The van der Waals surface area contributed by atoms with Gasteiger partial charge in [-0.2, -0.15) is 0 Å². The van der Waals surface area contributed by atoms with Gasteiger partial charge < -0.3 is 10.6 Å². The summed E-state index contributed by atoms with van der Waals surface area (Å²) in [6, 6.07) is 11.2. The number of nitrogens with one attached hydrogen (secondary N) is 2. The van der Waals surface area contributed by atoms with E-state index in [-0.39, 0.29) is 11.8 Å². The predicted octanol–water partition coefficient (Wildman–Crippen LogP) is 4.55. The Hall–Kier alpha value is -2.14. The van der Waals surface area contributed by atoms with Crippen molar-refractivity contribution in [2.75, 3.05) is 5.32 Å². The van der Waals surface area contributed by atoms with Gasteiger partial charge in [-0.1, -0.05) is 12.1 Å². The molecule has 0 radical (unpaired) electrons. The minimum atomic E-state index is -0.136. The summed E-state index contributed by atoms with van der Waals surface area (Å²) in [6.45, 7) is 0. The maximum Gasteiger partial charge on any atom is 0.265 e. The maximum absolute atomic E-state index is 12.9. The molecule has 4 aliphatic carbocycles. The fourth-order valence-corrected chi connectivity index (χ4v) is 6.35. The summed E-state index contributed by atoms with van der Waals surface area (Å²) in [5.74, 6) is 2.97. The molecule has 6 rings (SSSR count). The number of thiophene rings is 1. The maximum atomic E-state index is 12.9. The Morgan fingerprint density at radius 2 is 1.63 bits per heavy atom. The number of carbonyl (C=O) groups excluding carboxylic acids is 2. The molecule has 2 N–H and O–H groups in total. The first-order valence-corrected chi connectivity index (χ1v) is 10.8. The number of hydrogen-bond donors (Lipinski definition) is 2. The second kappa shape index (κ2) is 6.79. The smallest absolute Gasteiger partial charge is 0.265 e. The summed E-state index contributed by atoms with van der Waals surface area (Å²) in [7, 11) is 0. The number of hydrogen-bond acceptors (Lipinski definition) is 3. The summed E-state index contributed by atoms with van der Waals surface area (Å²) in [5, 5.41) is 8.10. The molecule has 0 aliphatic heterocycles. The summed E-state index contributed by atoms with van der Waals surface area (Å²) in [4.78, 5) is 25.8. The molecule has 1 aromatic carbocycles. The van der Waals surface area contributed by atoms with Crippen molar-refractivity contribution in [3.8, 4) is 0 Å². The lowest BCUT2D eigenvalue weighted by Gasteiger charge is -2.54. The third-order valence-corrected chi connectivity index (χ3v) is 7.52. The van der Waals surface area contributed by atoms with Crippen molar-refractivity contribution in [1.29, 1.82) is 0 Å². The van der Waals surface area contributed by atoms with Crippen LogP contribution >= 0.6 is 11.3 Å². The van der Waals surface area contributed by atoms with Crippen LogP contribution in [-0.2, 0) is 0 Å². The molecule has 1 heterocycles. The number of benzene rings is 1. The first-order chi connectivity index (χ1) is 13.2. The minimum Gasteiger partial charge on any atom is -0.349 e. The fraction of sp³-hybridized carbons (Fsp3) is 0.455. The van der Waals surface area contributed by atoms with Gasteiger partial charge in [0.25, 0.3) is 11.8 Å². The predicted molar refractivity (Wildman–Crippen MR) is 107 cm³/mol. The molecule has 1 aromatic heterocycles. The Labute approximate surface area is 163 Å². The van der Waals surface area contributed by atoms with Crippen molar-refractivity contribution in [2.45, 2.75) is 38.1 Å². The van der Waals surface area contributed by atoms with E-state index in [2.05, 4.69) is 10.6 Å². The highest BCUT2D eigenvalue weighted by atomic mass is 32.1. The molecule has 2 aromatic rings. The van der Waals surface area contributed by atoms with Crippen LogP contribution in [0, 0.1) is 23.7 Å². The lowest BCUT2D eigenvalue weighted by molar-refractivity contribution is -0.0119. The van der Waals surface area contributed by atoms with Crippen molar-refractivity contribution in [3.63, 3.8) is 0 Å². The number of anilines is 1. The van der Waals surface area contributed by atoms with Crippen molar-refractivity contribution in [1.82, 2.24) is 5.32 Å². The average Bonchev–Trinajstić information content (AvgIpc) is 3.19. The van der Waals surface area contributed by atoms with Gasteiger partial charge in [0.05, 0.1) is 4.88 Å². The molecule has 0 saturated heterocycles. The van der Waals surface area contributed by atoms with Gasteiger partial charge >= 0.3 is 0 Å². The number of rotatable bonds is 4. The molecule has 0 atom stereocenters.